The Morgan fingerprint density at radius 3 is 2.44 bits per heavy atom. The van der Waals surface area contributed by atoms with Crippen molar-refractivity contribution >= 4 is 0 Å². The molecule has 1 heterocycles. The summed E-state index contributed by atoms with van der Waals surface area (Å²) in [6.45, 7) is 9.76. The lowest BCUT2D eigenvalue weighted by atomic mass is 10.1. The molecule has 0 aliphatic heterocycles. The number of nitrogens with two attached hydrogens (primary N) is 1. The third-order valence-electron chi connectivity index (χ3n) is 3.55. The van der Waals surface area contributed by atoms with Crippen LogP contribution in [0.3, 0.4) is 0 Å². The van der Waals surface area contributed by atoms with Crippen LogP contribution < -0.4 is 5.73 Å². The molecule has 18 heavy (non-hydrogen) atoms. The van der Waals surface area contributed by atoms with E-state index >= 15 is 0 Å². The zero-order valence-electron chi connectivity index (χ0n) is 11.6. The summed E-state index contributed by atoms with van der Waals surface area (Å²) in [6.07, 6.45) is 0. The molecule has 0 aliphatic carbocycles. The van der Waals surface area contributed by atoms with Gasteiger partial charge in [-0.15, -0.1) is 0 Å². The van der Waals surface area contributed by atoms with Crippen molar-refractivity contribution in [3.8, 4) is 0 Å². The zero-order chi connectivity index (χ0) is 13.3. The first kappa shape index (κ1) is 12.8. The van der Waals surface area contributed by atoms with Gasteiger partial charge in [-0.2, -0.15) is 5.10 Å². The summed E-state index contributed by atoms with van der Waals surface area (Å²) in [6, 6.07) is 6.55. The topological polar surface area (TPSA) is 43.8 Å². The van der Waals surface area contributed by atoms with Gasteiger partial charge in [-0.1, -0.05) is 23.8 Å². The van der Waals surface area contributed by atoms with Crippen molar-refractivity contribution in [1.29, 1.82) is 0 Å². The second kappa shape index (κ2) is 4.94. The maximum absolute atomic E-state index is 5.75. The predicted molar refractivity (Wildman–Crippen MR) is 74.6 cm³/mol. The van der Waals surface area contributed by atoms with Crippen LogP contribution in [-0.2, 0) is 13.1 Å². The van der Waals surface area contributed by atoms with Crippen LogP contribution in [0.25, 0.3) is 0 Å². The van der Waals surface area contributed by atoms with Crippen molar-refractivity contribution in [2.75, 3.05) is 0 Å². The molecule has 0 amide bonds. The standard InChI is InChI=1S/C15H21N3/c1-10-5-6-14(11(2)7-10)9-18-13(4)15(8-16)12(3)17-18/h5-7H,8-9,16H2,1-4H3. The minimum atomic E-state index is 0.560. The van der Waals surface area contributed by atoms with Crippen molar-refractivity contribution < 1.29 is 0 Å². The number of aryl methyl sites for hydroxylation is 3. The Morgan fingerprint density at radius 1 is 1.17 bits per heavy atom. The summed E-state index contributed by atoms with van der Waals surface area (Å²) in [5.41, 5.74) is 13.1. The molecule has 2 rings (SSSR count). The average molecular weight is 243 g/mol. The molecule has 2 N–H and O–H groups in total. The first-order chi connectivity index (χ1) is 8.52. The monoisotopic (exact) mass is 243 g/mol. The van der Waals surface area contributed by atoms with Crippen LogP contribution >= 0.6 is 0 Å². The van der Waals surface area contributed by atoms with Crippen LogP contribution in [0.1, 0.15) is 33.6 Å². The summed E-state index contributed by atoms with van der Waals surface area (Å²) >= 11 is 0. The fourth-order valence-corrected chi connectivity index (χ4v) is 2.37. The fraction of sp³-hybridized carbons (Fsp3) is 0.400. The molecular formula is C15H21N3. The van der Waals surface area contributed by atoms with E-state index in [0.717, 1.165) is 12.2 Å². The second-order valence-corrected chi connectivity index (χ2v) is 4.94. The maximum atomic E-state index is 5.75. The van der Waals surface area contributed by atoms with E-state index in [1.54, 1.807) is 0 Å². The summed E-state index contributed by atoms with van der Waals surface area (Å²) < 4.78 is 2.05. The summed E-state index contributed by atoms with van der Waals surface area (Å²) in [4.78, 5) is 0. The number of benzene rings is 1. The van der Waals surface area contributed by atoms with Gasteiger partial charge in [-0.05, 0) is 38.8 Å². The van der Waals surface area contributed by atoms with Crippen LogP contribution in [0.15, 0.2) is 18.2 Å². The van der Waals surface area contributed by atoms with Gasteiger partial charge in [-0.3, -0.25) is 4.68 Å². The molecule has 0 spiro atoms. The normalized spacial score (nSPS) is 10.9. The Hall–Kier alpha value is -1.61. The predicted octanol–water partition coefficient (Wildman–Crippen LogP) is 2.62. The molecule has 0 fully saturated rings. The number of rotatable bonds is 3. The van der Waals surface area contributed by atoms with E-state index in [4.69, 9.17) is 5.73 Å². The molecule has 96 valence electrons. The molecule has 2 aromatic rings. The molecule has 0 aliphatic rings. The van der Waals surface area contributed by atoms with Crippen LogP contribution in [0, 0.1) is 27.7 Å². The lowest BCUT2D eigenvalue weighted by Gasteiger charge is -2.09. The molecule has 1 aromatic heterocycles. The van der Waals surface area contributed by atoms with Crippen molar-refractivity contribution in [3.63, 3.8) is 0 Å². The summed E-state index contributed by atoms with van der Waals surface area (Å²) in [7, 11) is 0. The van der Waals surface area contributed by atoms with Crippen molar-refractivity contribution in [2.45, 2.75) is 40.8 Å². The van der Waals surface area contributed by atoms with Gasteiger partial charge in [0.15, 0.2) is 0 Å². The largest absolute Gasteiger partial charge is 0.326 e. The maximum Gasteiger partial charge on any atom is 0.0665 e. The third kappa shape index (κ3) is 2.31. The minimum Gasteiger partial charge on any atom is -0.326 e. The van der Waals surface area contributed by atoms with E-state index in [1.165, 1.54) is 27.9 Å². The minimum absolute atomic E-state index is 0.560. The van der Waals surface area contributed by atoms with Gasteiger partial charge in [0.25, 0.3) is 0 Å². The number of nitrogens with zero attached hydrogens (tertiary/aromatic N) is 2. The van der Waals surface area contributed by atoms with Gasteiger partial charge < -0.3 is 5.73 Å². The molecule has 0 saturated carbocycles. The Bertz CT molecular complexity index is 567. The highest BCUT2D eigenvalue weighted by molar-refractivity contribution is 5.32. The van der Waals surface area contributed by atoms with Crippen LogP contribution in [0.2, 0.25) is 0 Å². The molecule has 0 radical (unpaired) electrons. The van der Waals surface area contributed by atoms with Crippen molar-refractivity contribution in [2.24, 2.45) is 5.73 Å². The Kier molecular flexibility index (Phi) is 3.53. The second-order valence-electron chi connectivity index (χ2n) is 4.94. The molecule has 0 bridgehead atoms. The summed E-state index contributed by atoms with van der Waals surface area (Å²) in [5, 5.41) is 4.58. The molecule has 1 aromatic carbocycles. The first-order valence-corrected chi connectivity index (χ1v) is 6.32. The summed E-state index contributed by atoms with van der Waals surface area (Å²) in [5.74, 6) is 0. The van der Waals surface area contributed by atoms with Crippen molar-refractivity contribution in [1.82, 2.24) is 9.78 Å². The van der Waals surface area contributed by atoms with Gasteiger partial charge >= 0.3 is 0 Å². The molecule has 3 nitrogen and oxygen atoms in total. The van der Waals surface area contributed by atoms with E-state index in [0.29, 0.717) is 6.54 Å². The van der Waals surface area contributed by atoms with Gasteiger partial charge in [0, 0.05) is 17.8 Å². The van der Waals surface area contributed by atoms with Crippen LogP contribution in [0.5, 0.6) is 0 Å². The highest BCUT2D eigenvalue weighted by atomic mass is 15.3. The zero-order valence-corrected chi connectivity index (χ0v) is 11.6. The quantitative estimate of drug-likeness (QED) is 0.900. The smallest absolute Gasteiger partial charge is 0.0665 e. The van der Waals surface area contributed by atoms with Gasteiger partial charge in [0.2, 0.25) is 0 Å². The molecule has 3 heteroatoms. The average Bonchev–Trinajstić information content (AvgIpc) is 2.58. The highest BCUT2D eigenvalue weighted by Gasteiger charge is 2.10. The van der Waals surface area contributed by atoms with E-state index in [2.05, 4.69) is 48.8 Å². The van der Waals surface area contributed by atoms with E-state index in [1.807, 2.05) is 6.92 Å². The van der Waals surface area contributed by atoms with Gasteiger partial charge in [0.05, 0.1) is 12.2 Å². The first-order valence-electron chi connectivity index (χ1n) is 6.32. The van der Waals surface area contributed by atoms with Crippen LogP contribution in [-0.4, -0.2) is 9.78 Å². The Balaban J connectivity index is 2.34. The molecule has 0 unspecified atom stereocenters. The number of aromatic nitrogens is 2. The molecule has 0 atom stereocenters. The SMILES string of the molecule is Cc1ccc(Cn2nc(C)c(CN)c2C)c(C)c1. The van der Waals surface area contributed by atoms with Crippen LogP contribution in [0.4, 0.5) is 0 Å². The van der Waals surface area contributed by atoms with E-state index < -0.39 is 0 Å². The van der Waals surface area contributed by atoms with Gasteiger partial charge in [0.1, 0.15) is 0 Å². The lowest BCUT2D eigenvalue weighted by Crippen LogP contribution is -2.06. The fourth-order valence-electron chi connectivity index (χ4n) is 2.37. The molecular weight excluding hydrogens is 222 g/mol. The molecule has 0 saturated heterocycles. The highest BCUT2D eigenvalue weighted by Crippen LogP contribution is 2.16. The third-order valence-corrected chi connectivity index (χ3v) is 3.55. The van der Waals surface area contributed by atoms with Gasteiger partial charge in [-0.25, -0.2) is 0 Å². The Labute approximate surface area is 109 Å². The number of hydrogen-bond donors (Lipinski definition) is 1. The Morgan fingerprint density at radius 2 is 1.89 bits per heavy atom. The van der Waals surface area contributed by atoms with Crippen molar-refractivity contribution in [3.05, 3.63) is 51.8 Å². The number of hydrogen-bond acceptors (Lipinski definition) is 2. The van der Waals surface area contributed by atoms with E-state index in [-0.39, 0.29) is 0 Å². The lowest BCUT2D eigenvalue weighted by molar-refractivity contribution is 0.655. The van der Waals surface area contributed by atoms with E-state index in [9.17, 15) is 0 Å².